The molecule has 0 saturated carbocycles. The summed E-state index contributed by atoms with van der Waals surface area (Å²) in [6.45, 7) is 4.05. The smallest absolute Gasteiger partial charge is 0.243 e. The quantitative estimate of drug-likeness (QED) is 0.778. The molecule has 0 bridgehead atoms. The van der Waals surface area contributed by atoms with Gasteiger partial charge in [-0.25, -0.2) is 0 Å². The molecule has 1 aromatic rings. The van der Waals surface area contributed by atoms with Crippen LogP contribution in [0.15, 0.2) is 5.51 Å². The second kappa shape index (κ2) is 5.02. The maximum atomic E-state index is 11.4. The number of hydrogen-bond acceptors (Lipinski definition) is 5. The normalized spacial score (nSPS) is 12.9. The molecule has 5 nitrogen and oxygen atoms in total. The first-order valence-electron chi connectivity index (χ1n) is 4.42. The third-order valence-corrected chi connectivity index (χ3v) is 2.26. The van der Waals surface area contributed by atoms with Crippen molar-refractivity contribution in [1.82, 2.24) is 10.2 Å². The fourth-order valence-corrected chi connectivity index (χ4v) is 1.49. The Kier molecular flexibility index (Phi) is 3.97. The molecule has 0 fully saturated rings. The molecule has 0 aliphatic heterocycles. The van der Waals surface area contributed by atoms with E-state index in [1.807, 2.05) is 13.8 Å². The molecule has 1 atom stereocenters. The fourth-order valence-electron chi connectivity index (χ4n) is 1.04. The zero-order valence-electron chi connectivity index (χ0n) is 8.23. The lowest BCUT2D eigenvalue weighted by Gasteiger charge is -2.12. The molecule has 1 unspecified atom stereocenters. The minimum Gasteiger partial charge on any atom is -0.320 e. The van der Waals surface area contributed by atoms with E-state index < -0.39 is 6.04 Å². The molecule has 1 amide bonds. The molecule has 0 aromatic carbocycles. The zero-order valence-corrected chi connectivity index (χ0v) is 9.04. The summed E-state index contributed by atoms with van der Waals surface area (Å²) in [5, 5.41) is 10.4. The van der Waals surface area contributed by atoms with Crippen molar-refractivity contribution < 1.29 is 4.79 Å². The molecular formula is C8H14N4OS. The van der Waals surface area contributed by atoms with Crippen LogP contribution in [0.2, 0.25) is 0 Å². The van der Waals surface area contributed by atoms with E-state index in [0.717, 1.165) is 0 Å². The van der Waals surface area contributed by atoms with E-state index in [1.54, 1.807) is 5.51 Å². The van der Waals surface area contributed by atoms with E-state index in [4.69, 9.17) is 5.73 Å². The average Bonchev–Trinajstić information content (AvgIpc) is 2.55. The van der Waals surface area contributed by atoms with Crippen molar-refractivity contribution in [3.8, 4) is 0 Å². The number of nitrogens with zero attached hydrogens (tertiary/aromatic N) is 2. The number of carbonyl (C=O) groups excluding carboxylic acids is 1. The summed E-state index contributed by atoms with van der Waals surface area (Å²) < 4.78 is 0. The Balaban J connectivity index is 2.42. The first-order chi connectivity index (χ1) is 6.59. The lowest BCUT2D eigenvalue weighted by Crippen LogP contribution is -2.36. The Morgan fingerprint density at radius 2 is 2.43 bits per heavy atom. The first-order valence-corrected chi connectivity index (χ1v) is 5.30. The Morgan fingerprint density at radius 3 is 2.93 bits per heavy atom. The van der Waals surface area contributed by atoms with Crippen LogP contribution in [-0.2, 0) is 4.79 Å². The molecule has 3 N–H and O–H groups in total. The number of carbonyl (C=O) groups is 1. The number of amides is 1. The maximum absolute atomic E-state index is 11.4. The lowest BCUT2D eigenvalue weighted by molar-refractivity contribution is -0.117. The molecule has 0 spiro atoms. The van der Waals surface area contributed by atoms with Crippen LogP contribution in [0.3, 0.4) is 0 Å². The molecule has 78 valence electrons. The highest BCUT2D eigenvalue weighted by molar-refractivity contribution is 7.13. The highest BCUT2D eigenvalue weighted by Gasteiger charge is 2.15. The third-order valence-electron chi connectivity index (χ3n) is 1.65. The Labute approximate surface area is 86.7 Å². The van der Waals surface area contributed by atoms with Crippen LogP contribution in [0.1, 0.15) is 20.3 Å². The summed E-state index contributed by atoms with van der Waals surface area (Å²) in [7, 11) is 0. The van der Waals surface area contributed by atoms with Gasteiger partial charge in [-0.3, -0.25) is 10.1 Å². The van der Waals surface area contributed by atoms with E-state index in [9.17, 15) is 4.79 Å². The summed E-state index contributed by atoms with van der Waals surface area (Å²) in [5.41, 5.74) is 7.24. The van der Waals surface area contributed by atoms with Crippen LogP contribution in [0.25, 0.3) is 0 Å². The summed E-state index contributed by atoms with van der Waals surface area (Å²) in [6.07, 6.45) is 0.671. The third kappa shape index (κ3) is 3.39. The average molecular weight is 214 g/mol. The lowest BCUT2D eigenvalue weighted by atomic mass is 10.0. The molecule has 0 aliphatic rings. The highest BCUT2D eigenvalue weighted by Crippen LogP contribution is 2.10. The number of rotatable bonds is 4. The number of nitrogens with two attached hydrogens (primary N) is 1. The maximum Gasteiger partial charge on any atom is 0.243 e. The molecular weight excluding hydrogens is 200 g/mol. The molecule has 0 saturated heterocycles. The number of hydrogen-bond donors (Lipinski definition) is 2. The number of nitrogens with one attached hydrogen (secondary N) is 1. The van der Waals surface area contributed by atoms with Crippen molar-refractivity contribution in [3.63, 3.8) is 0 Å². The predicted octanol–water partition coefficient (Wildman–Crippen LogP) is 0.850. The van der Waals surface area contributed by atoms with Crippen molar-refractivity contribution in [2.75, 3.05) is 5.32 Å². The van der Waals surface area contributed by atoms with Crippen LogP contribution < -0.4 is 11.1 Å². The van der Waals surface area contributed by atoms with Gasteiger partial charge in [0.25, 0.3) is 0 Å². The molecule has 6 heteroatoms. The van der Waals surface area contributed by atoms with Gasteiger partial charge in [-0.1, -0.05) is 25.2 Å². The first kappa shape index (κ1) is 11.1. The second-order valence-corrected chi connectivity index (χ2v) is 4.30. The summed E-state index contributed by atoms with van der Waals surface area (Å²) in [6, 6.07) is -0.473. The SMILES string of the molecule is CC(C)CC(N)C(=O)Nc1nncs1. The number of aromatic nitrogens is 2. The van der Waals surface area contributed by atoms with Crippen LogP contribution >= 0.6 is 11.3 Å². The minimum atomic E-state index is -0.473. The second-order valence-electron chi connectivity index (χ2n) is 3.47. The van der Waals surface area contributed by atoms with Gasteiger partial charge in [-0.2, -0.15) is 0 Å². The van der Waals surface area contributed by atoms with Gasteiger partial charge in [0.15, 0.2) is 0 Å². The standard InChI is InChI=1S/C8H14N4OS/c1-5(2)3-6(9)7(13)11-8-12-10-4-14-8/h4-6H,3,9H2,1-2H3,(H,11,12,13). The van der Waals surface area contributed by atoms with E-state index >= 15 is 0 Å². The van der Waals surface area contributed by atoms with Crippen LogP contribution in [-0.4, -0.2) is 22.1 Å². The van der Waals surface area contributed by atoms with E-state index in [0.29, 0.717) is 17.5 Å². The van der Waals surface area contributed by atoms with E-state index in [-0.39, 0.29) is 5.91 Å². The molecule has 1 aromatic heterocycles. The predicted molar refractivity (Wildman–Crippen MR) is 56.0 cm³/mol. The van der Waals surface area contributed by atoms with Gasteiger partial charge in [0, 0.05) is 0 Å². The van der Waals surface area contributed by atoms with Gasteiger partial charge < -0.3 is 5.73 Å². The Hall–Kier alpha value is -1.01. The summed E-state index contributed by atoms with van der Waals surface area (Å²) >= 11 is 1.28. The summed E-state index contributed by atoms with van der Waals surface area (Å²) in [4.78, 5) is 11.4. The molecule has 14 heavy (non-hydrogen) atoms. The van der Waals surface area contributed by atoms with E-state index in [1.165, 1.54) is 11.3 Å². The van der Waals surface area contributed by atoms with Crippen LogP contribution in [0.5, 0.6) is 0 Å². The van der Waals surface area contributed by atoms with Crippen LogP contribution in [0.4, 0.5) is 5.13 Å². The van der Waals surface area contributed by atoms with Crippen molar-refractivity contribution >= 4 is 22.4 Å². The van der Waals surface area contributed by atoms with Gasteiger partial charge >= 0.3 is 0 Å². The molecule has 0 radical (unpaired) electrons. The Morgan fingerprint density at radius 1 is 1.71 bits per heavy atom. The highest BCUT2D eigenvalue weighted by atomic mass is 32.1. The summed E-state index contributed by atoms with van der Waals surface area (Å²) in [5.74, 6) is 0.209. The minimum absolute atomic E-state index is 0.199. The monoisotopic (exact) mass is 214 g/mol. The fraction of sp³-hybridized carbons (Fsp3) is 0.625. The van der Waals surface area contributed by atoms with Gasteiger partial charge in [-0.15, -0.1) is 10.2 Å². The largest absolute Gasteiger partial charge is 0.320 e. The van der Waals surface area contributed by atoms with Crippen molar-refractivity contribution in [2.45, 2.75) is 26.3 Å². The van der Waals surface area contributed by atoms with Gasteiger partial charge in [0.2, 0.25) is 11.0 Å². The van der Waals surface area contributed by atoms with Gasteiger partial charge in [0.1, 0.15) is 5.51 Å². The molecule has 1 rings (SSSR count). The van der Waals surface area contributed by atoms with Gasteiger partial charge in [-0.05, 0) is 12.3 Å². The number of anilines is 1. The van der Waals surface area contributed by atoms with Crippen molar-refractivity contribution in [1.29, 1.82) is 0 Å². The Bertz CT molecular complexity index is 286. The van der Waals surface area contributed by atoms with E-state index in [2.05, 4.69) is 15.5 Å². The van der Waals surface area contributed by atoms with Gasteiger partial charge in [0.05, 0.1) is 6.04 Å². The topological polar surface area (TPSA) is 80.9 Å². The zero-order chi connectivity index (χ0) is 10.6. The molecule has 0 aliphatic carbocycles. The molecule has 1 heterocycles. The van der Waals surface area contributed by atoms with Crippen molar-refractivity contribution in [2.24, 2.45) is 11.7 Å². The van der Waals surface area contributed by atoms with Crippen LogP contribution in [0, 0.1) is 5.92 Å². The van der Waals surface area contributed by atoms with Crippen molar-refractivity contribution in [3.05, 3.63) is 5.51 Å².